The number of ether oxygens (including phenoxy) is 1. The molecule has 0 bridgehead atoms. The van der Waals surface area contributed by atoms with Crippen LogP contribution in [0.25, 0.3) is 0 Å². The first-order chi connectivity index (χ1) is 16.0. The summed E-state index contributed by atoms with van der Waals surface area (Å²) in [4.78, 5) is 27.6. The Morgan fingerprint density at radius 2 is 1.71 bits per heavy atom. The van der Waals surface area contributed by atoms with Gasteiger partial charge in [0, 0.05) is 30.9 Å². The van der Waals surface area contributed by atoms with Gasteiger partial charge in [0.05, 0.1) is 11.3 Å². The number of carbonyl (C=O) groups excluding carboxylic acids is 2. The second-order valence-electron chi connectivity index (χ2n) is 7.93. The molecule has 0 atom stereocenters. The van der Waals surface area contributed by atoms with E-state index < -0.39 is 10.0 Å². The van der Waals surface area contributed by atoms with Gasteiger partial charge in [0.2, 0.25) is 11.8 Å². The smallest absolute Gasteiger partial charge is 0.263 e. The van der Waals surface area contributed by atoms with Crippen LogP contribution in [0.5, 0.6) is 11.6 Å². The molecule has 0 aliphatic heterocycles. The Kier molecular flexibility index (Phi) is 7.52. The van der Waals surface area contributed by atoms with E-state index in [1.165, 1.54) is 19.2 Å². The Morgan fingerprint density at radius 3 is 2.29 bits per heavy atom. The number of nitrogens with zero attached hydrogens (tertiary/aromatic N) is 1. The first-order valence-electron chi connectivity index (χ1n) is 10.5. The van der Waals surface area contributed by atoms with Gasteiger partial charge in [0.15, 0.2) is 0 Å². The van der Waals surface area contributed by atoms with Gasteiger partial charge in [-0.1, -0.05) is 6.07 Å². The number of amides is 2. The fourth-order valence-electron chi connectivity index (χ4n) is 2.99. The summed E-state index contributed by atoms with van der Waals surface area (Å²) in [5.41, 5.74) is 1.66. The van der Waals surface area contributed by atoms with Crippen molar-refractivity contribution in [1.82, 2.24) is 10.3 Å². The number of nitrogens with one attached hydrogen (secondary N) is 3. The number of rotatable bonds is 8. The summed E-state index contributed by atoms with van der Waals surface area (Å²) in [5.74, 6) is 0.128. The molecular weight excluding hydrogens is 456 g/mol. The van der Waals surface area contributed by atoms with E-state index in [2.05, 4.69) is 20.3 Å². The van der Waals surface area contributed by atoms with E-state index in [0.717, 1.165) is 5.56 Å². The highest BCUT2D eigenvalue weighted by molar-refractivity contribution is 7.92. The molecule has 0 unspecified atom stereocenters. The van der Waals surface area contributed by atoms with E-state index in [1.807, 2.05) is 13.8 Å². The third-order valence-electron chi connectivity index (χ3n) is 4.48. The number of aryl methyl sites for hydroxylation is 1. The molecular formula is C24H26N4O5S. The third kappa shape index (κ3) is 6.55. The zero-order chi connectivity index (χ0) is 24.9. The second-order valence-corrected chi connectivity index (χ2v) is 9.58. The summed E-state index contributed by atoms with van der Waals surface area (Å²) in [5, 5.41) is 5.32. The van der Waals surface area contributed by atoms with Gasteiger partial charge in [-0.2, -0.15) is 0 Å². The van der Waals surface area contributed by atoms with E-state index in [-0.39, 0.29) is 34.3 Å². The SMILES string of the molecule is CC(=O)Nc1ccc(C)cc1S(=O)(=O)Nc1ccc(Oc2ccc(C(=O)NC(C)C)cn2)cc1. The Labute approximate surface area is 198 Å². The molecule has 34 heavy (non-hydrogen) atoms. The van der Waals surface area contributed by atoms with Crippen LogP contribution in [0.3, 0.4) is 0 Å². The fourth-order valence-corrected chi connectivity index (χ4v) is 4.29. The van der Waals surface area contributed by atoms with Gasteiger partial charge in [-0.15, -0.1) is 0 Å². The van der Waals surface area contributed by atoms with E-state index in [1.54, 1.807) is 55.5 Å². The molecule has 0 saturated carbocycles. The second kappa shape index (κ2) is 10.3. The van der Waals surface area contributed by atoms with Crippen LogP contribution in [0.1, 0.15) is 36.7 Å². The highest BCUT2D eigenvalue weighted by atomic mass is 32.2. The quantitative estimate of drug-likeness (QED) is 0.444. The minimum Gasteiger partial charge on any atom is -0.439 e. The normalized spacial score (nSPS) is 11.1. The Balaban J connectivity index is 1.71. The number of pyridine rings is 1. The molecule has 0 aliphatic rings. The summed E-state index contributed by atoms with van der Waals surface area (Å²) in [6, 6.07) is 14.2. The van der Waals surface area contributed by atoms with Crippen LogP contribution >= 0.6 is 0 Å². The van der Waals surface area contributed by atoms with E-state index in [0.29, 0.717) is 17.0 Å². The van der Waals surface area contributed by atoms with Crippen molar-refractivity contribution in [3.63, 3.8) is 0 Å². The molecule has 10 heteroatoms. The molecule has 2 amide bonds. The molecule has 3 aromatic rings. The lowest BCUT2D eigenvalue weighted by atomic mass is 10.2. The molecule has 0 spiro atoms. The average Bonchev–Trinajstić information content (AvgIpc) is 2.76. The number of benzene rings is 2. The maximum Gasteiger partial charge on any atom is 0.263 e. The number of aromatic nitrogens is 1. The van der Waals surface area contributed by atoms with Crippen LogP contribution in [-0.4, -0.2) is 31.3 Å². The Morgan fingerprint density at radius 1 is 1.00 bits per heavy atom. The molecule has 1 aromatic heterocycles. The van der Waals surface area contributed by atoms with Crippen LogP contribution in [0.4, 0.5) is 11.4 Å². The molecule has 178 valence electrons. The maximum absolute atomic E-state index is 12.9. The molecule has 0 radical (unpaired) electrons. The summed E-state index contributed by atoms with van der Waals surface area (Å²) < 4.78 is 34.1. The van der Waals surface area contributed by atoms with Crippen molar-refractivity contribution >= 4 is 33.2 Å². The largest absolute Gasteiger partial charge is 0.439 e. The van der Waals surface area contributed by atoms with Crippen molar-refractivity contribution in [2.75, 3.05) is 10.0 Å². The predicted molar refractivity (Wildman–Crippen MR) is 130 cm³/mol. The van der Waals surface area contributed by atoms with Gasteiger partial charge in [0.25, 0.3) is 15.9 Å². The van der Waals surface area contributed by atoms with Crippen molar-refractivity contribution in [1.29, 1.82) is 0 Å². The lowest BCUT2D eigenvalue weighted by Gasteiger charge is -2.14. The minimum atomic E-state index is -3.96. The monoisotopic (exact) mass is 482 g/mol. The van der Waals surface area contributed by atoms with E-state index in [4.69, 9.17) is 4.74 Å². The van der Waals surface area contributed by atoms with Gasteiger partial charge in [-0.3, -0.25) is 14.3 Å². The highest BCUT2D eigenvalue weighted by Crippen LogP contribution is 2.27. The standard InChI is InChI=1S/C24H26N4O5S/c1-15(2)26-24(30)18-6-12-23(25-14-18)33-20-9-7-19(8-10-20)28-34(31,32)22-13-16(3)5-11-21(22)27-17(4)29/h5-15,28H,1-4H3,(H,26,30)(H,27,29). The number of carbonyl (C=O) groups is 2. The Bertz CT molecular complexity index is 1290. The molecule has 9 nitrogen and oxygen atoms in total. The molecule has 0 saturated heterocycles. The lowest BCUT2D eigenvalue weighted by Crippen LogP contribution is -2.30. The summed E-state index contributed by atoms with van der Waals surface area (Å²) in [6.07, 6.45) is 1.42. The van der Waals surface area contributed by atoms with Crippen LogP contribution in [0, 0.1) is 6.92 Å². The van der Waals surface area contributed by atoms with Gasteiger partial charge in [-0.25, -0.2) is 13.4 Å². The van der Waals surface area contributed by atoms with Crippen molar-refractivity contribution in [3.8, 4) is 11.6 Å². The van der Waals surface area contributed by atoms with E-state index in [9.17, 15) is 18.0 Å². The van der Waals surface area contributed by atoms with Gasteiger partial charge in [0.1, 0.15) is 10.6 Å². The van der Waals surface area contributed by atoms with Crippen molar-refractivity contribution < 1.29 is 22.7 Å². The van der Waals surface area contributed by atoms with Crippen molar-refractivity contribution in [2.24, 2.45) is 0 Å². The average molecular weight is 483 g/mol. The zero-order valence-corrected chi connectivity index (χ0v) is 20.1. The van der Waals surface area contributed by atoms with Gasteiger partial charge in [-0.05, 0) is 68.8 Å². The lowest BCUT2D eigenvalue weighted by molar-refractivity contribution is -0.114. The molecule has 3 N–H and O–H groups in total. The van der Waals surface area contributed by atoms with Crippen molar-refractivity contribution in [3.05, 3.63) is 71.9 Å². The number of hydrogen-bond acceptors (Lipinski definition) is 6. The number of sulfonamides is 1. The first kappa shape index (κ1) is 24.7. The summed E-state index contributed by atoms with van der Waals surface area (Å²) >= 11 is 0. The Hall–Kier alpha value is -3.92. The van der Waals surface area contributed by atoms with Gasteiger partial charge >= 0.3 is 0 Å². The molecule has 1 heterocycles. The van der Waals surface area contributed by atoms with Gasteiger partial charge < -0.3 is 15.4 Å². The van der Waals surface area contributed by atoms with E-state index >= 15 is 0 Å². The van der Waals surface area contributed by atoms with Crippen LogP contribution < -0.4 is 20.1 Å². The molecule has 0 aliphatic carbocycles. The number of anilines is 2. The van der Waals surface area contributed by atoms with Crippen molar-refractivity contribution in [2.45, 2.75) is 38.6 Å². The summed E-state index contributed by atoms with van der Waals surface area (Å²) in [7, 11) is -3.96. The zero-order valence-electron chi connectivity index (χ0n) is 19.2. The summed E-state index contributed by atoms with van der Waals surface area (Å²) in [6.45, 7) is 6.82. The molecule has 0 fully saturated rings. The molecule has 3 rings (SSSR count). The van der Waals surface area contributed by atoms with Crippen LogP contribution in [0.2, 0.25) is 0 Å². The fraction of sp³-hybridized carbons (Fsp3) is 0.208. The van der Waals surface area contributed by atoms with Crippen LogP contribution in [-0.2, 0) is 14.8 Å². The minimum absolute atomic E-state index is 0.0160. The first-order valence-corrected chi connectivity index (χ1v) is 12.0. The molecule has 2 aromatic carbocycles. The number of hydrogen-bond donors (Lipinski definition) is 3. The third-order valence-corrected chi connectivity index (χ3v) is 5.91. The maximum atomic E-state index is 12.9. The predicted octanol–water partition coefficient (Wildman–Crippen LogP) is 4.08. The highest BCUT2D eigenvalue weighted by Gasteiger charge is 2.20. The van der Waals surface area contributed by atoms with Crippen LogP contribution in [0.15, 0.2) is 65.7 Å². The topological polar surface area (TPSA) is 126 Å².